The van der Waals surface area contributed by atoms with E-state index in [1.807, 2.05) is 0 Å². The Hall–Kier alpha value is -19.4. The third-order valence-electron chi connectivity index (χ3n) is 29.9. The Morgan fingerprint density at radius 2 is 0.329 bits per heavy atom. The van der Waals surface area contributed by atoms with Gasteiger partial charge in [0.2, 0.25) is 0 Å². The molecule has 0 saturated heterocycles. The normalized spacial score (nSPS) is 11.7. The van der Waals surface area contributed by atoms with Crippen LogP contribution in [0.25, 0.3) is 264 Å². The van der Waals surface area contributed by atoms with Gasteiger partial charge in [0.25, 0.3) is 0 Å². The predicted molar refractivity (Wildman–Crippen MR) is 618 cm³/mol. The maximum Gasteiger partial charge on any atom is 0.0547 e. The Balaban J connectivity index is 0.000000106. The summed E-state index contributed by atoms with van der Waals surface area (Å²) in [6.07, 6.45) is 0. The SMILES string of the molecule is c1ccc(-c2ccc(-n3c4ccccc4c4cc(-c5ccc6c(c5)c5ccccc5n6-c5ccccc5)ccc43)c3ccccc23)cc1.c1ccc(-c2cccc(-c3ccc4c5cc(-c6ccc7c(c6)c6ccccc6n7-c6ccccc6)ccc5n(-c5ccccc5)c4c3)c2)cc1.c1ccc(-n2c3ccccc3c3cc(-c4ccc5c(c4)c4ccc(-c6ccc7ccccc7c6)cc4n5-c4ccccc4)ccc32)cc1. The van der Waals surface area contributed by atoms with Crippen LogP contribution in [0.5, 0.6) is 0 Å². The molecule has 0 fully saturated rings. The fourth-order valence-corrected chi connectivity index (χ4v) is 23.1. The van der Waals surface area contributed by atoms with Crippen LogP contribution in [0, 0.1) is 0 Å². The number of aromatic nitrogens is 6. The molecule has 30 aromatic rings. The summed E-state index contributed by atoms with van der Waals surface area (Å²) in [6, 6.07) is 203. The molecule has 682 valence electrons. The van der Waals surface area contributed by atoms with Gasteiger partial charge in [0, 0.05) is 98.5 Å². The first-order valence-electron chi connectivity index (χ1n) is 50.2. The fourth-order valence-electron chi connectivity index (χ4n) is 23.1. The van der Waals surface area contributed by atoms with Gasteiger partial charge in [0.15, 0.2) is 0 Å². The number of nitrogens with zero attached hydrogens (tertiary/aromatic N) is 6. The van der Waals surface area contributed by atoms with E-state index in [0.29, 0.717) is 0 Å². The van der Waals surface area contributed by atoms with E-state index in [-0.39, 0.29) is 0 Å². The van der Waals surface area contributed by atoms with Crippen molar-refractivity contribution in [2.24, 2.45) is 0 Å². The van der Waals surface area contributed by atoms with Crippen molar-refractivity contribution in [1.29, 1.82) is 0 Å². The summed E-state index contributed by atoms with van der Waals surface area (Å²) in [7, 11) is 0. The van der Waals surface area contributed by atoms with Crippen LogP contribution in [0.3, 0.4) is 0 Å². The van der Waals surface area contributed by atoms with E-state index in [0.717, 1.165) is 11.4 Å². The third kappa shape index (κ3) is 14.5. The average molecular weight is 1860 g/mol. The second-order valence-corrected chi connectivity index (χ2v) is 38.2. The van der Waals surface area contributed by atoms with Gasteiger partial charge in [0.05, 0.1) is 71.9 Å². The molecule has 0 radical (unpaired) electrons. The average Bonchev–Trinajstić information content (AvgIpc) is 1.56. The van der Waals surface area contributed by atoms with Crippen molar-refractivity contribution in [3.63, 3.8) is 0 Å². The zero-order valence-corrected chi connectivity index (χ0v) is 79.8. The molecule has 146 heavy (non-hydrogen) atoms. The van der Waals surface area contributed by atoms with Crippen molar-refractivity contribution in [2.45, 2.75) is 0 Å². The molecule has 6 heterocycles. The molecule has 0 aliphatic carbocycles. The Kier molecular flexibility index (Phi) is 20.5. The largest absolute Gasteiger partial charge is 0.309 e. The van der Waals surface area contributed by atoms with Crippen LogP contribution < -0.4 is 0 Å². The fraction of sp³-hybridized carbons (Fsp3) is 0. The Labute approximate surface area is 843 Å². The van der Waals surface area contributed by atoms with E-state index in [9.17, 15) is 0 Å². The van der Waals surface area contributed by atoms with Gasteiger partial charge in [-0.1, -0.05) is 370 Å². The summed E-state index contributed by atoms with van der Waals surface area (Å²) >= 11 is 0. The zero-order valence-electron chi connectivity index (χ0n) is 79.8. The minimum atomic E-state index is 1.16. The van der Waals surface area contributed by atoms with E-state index in [1.54, 1.807) is 0 Å². The molecule has 0 aliphatic heterocycles. The van der Waals surface area contributed by atoms with Gasteiger partial charge >= 0.3 is 0 Å². The lowest BCUT2D eigenvalue weighted by molar-refractivity contribution is 1.18. The van der Waals surface area contributed by atoms with Crippen LogP contribution in [-0.4, -0.2) is 27.4 Å². The van der Waals surface area contributed by atoms with Crippen LogP contribution in [0.4, 0.5) is 0 Å². The highest BCUT2D eigenvalue weighted by atomic mass is 15.0. The molecule has 0 bridgehead atoms. The minimum Gasteiger partial charge on any atom is -0.309 e. The molecule has 6 aromatic heterocycles. The number of benzene rings is 24. The molecule has 6 nitrogen and oxygen atoms in total. The van der Waals surface area contributed by atoms with Gasteiger partial charge < -0.3 is 27.4 Å². The topological polar surface area (TPSA) is 29.6 Å². The zero-order chi connectivity index (χ0) is 96.2. The van der Waals surface area contributed by atoms with Crippen molar-refractivity contribution in [3.8, 4) is 112 Å². The minimum absolute atomic E-state index is 1.16. The number of para-hydroxylation sites is 9. The lowest BCUT2D eigenvalue weighted by atomic mass is 9.97. The van der Waals surface area contributed by atoms with E-state index in [1.165, 1.54) is 253 Å². The molecule has 24 aromatic carbocycles. The standard InChI is InChI=1S/C48H32N2.2C46H30N2/c1-4-13-33(14-5-1)34-15-12-16-35(29-34)38-23-26-42-44-31-37(25-28-47(44)50(48(42)32-38)40-19-8-3-9-20-40)36-24-27-46-43(30-36)41-21-10-11-22-45(41)49(46)39-17-6-2-7-18-39;1-3-13-31(14-4-1)35-25-28-44(37-18-8-7-17-36(35)37)48-43-22-12-10-20-39(43)41-30-33(24-27-46(41)48)32-23-26-45-40(29-32)38-19-9-11-21-42(38)47(45)34-15-5-2-6-16-34;1-3-13-37(14-4-1)47-43-18-10-9-17-39(43)41-28-34(22-25-44(41)47)35-23-26-45-42(29-35)40-24-21-36(30-46(40)48(45)38-15-5-2-6-16-38)33-20-19-31-11-7-8-12-32(31)27-33/h1-32H;2*1-30H. The maximum atomic E-state index is 2.45. The van der Waals surface area contributed by atoms with Crippen molar-refractivity contribution in [3.05, 3.63) is 558 Å². The first-order chi connectivity index (χ1) is 72.4. The number of hydrogen-bond acceptors (Lipinski definition) is 0. The van der Waals surface area contributed by atoms with Gasteiger partial charge in [0.1, 0.15) is 0 Å². The Morgan fingerprint density at radius 3 is 0.699 bits per heavy atom. The van der Waals surface area contributed by atoms with E-state index < -0.39 is 0 Å². The van der Waals surface area contributed by atoms with Crippen LogP contribution in [0.15, 0.2) is 558 Å². The van der Waals surface area contributed by atoms with E-state index >= 15 is 0 Å². The molecular weight excluding hydrogens is 1770 g/mol. The molecule has 0 atom stereocenters. The molecule has 30 rings (SSSR count). The Morgan fingerprint density at radius 1 is 0.0959 bits per heavy atom. The van der Waals surface area contributed by atoms with Crippen LogP contribution in [0.1, 0.15) is 0 Å². The quantitative estimate of drug-likeness (QED) is 0.110. The second-order valence-electron chi connectivity index (χ2n) is 38.2. The molecule has 0 amide bonds. The first kappa shape index (κ1) is 84.7. The lowest BCUT2D eigenvalue weighted by Gasteiger charge is -2.15. The van der Waals surface area contributed by atoms with Gasteiger partial charge in [-0.2, -0.15) is 0 Å². The third-order valence-corrected chi connectivity index (χ3v) is 29.9. The van der Waals surface area contributed by atoms with Crippen LogP contribution in [0.2, 0.25) is 0 Å². The summed E-state index contributed by atoms with van der Waals surface area (Å²) in [5.74, 6) is 0. The summed E-state index contributed by atoms with van der Waals surface area (Å²) in [5, 5.41) is 20.1. The second kappa shape index (κ2) is 35.4. The first-order valence-corrected chi connectivity index (χ1v) is 50.2. The summed E-state index contributed by atoms with van der Waals surface area (Å²) < 4.78 is 14.4. The van der Waals surface area contributed by atoms with E-state index in [2.05, 4.69) is 586 Å². The van der Waals surface area contributed by atoms with Crippen molar-refractivity contribution in [2.75, 3.05) is 0 Å². The molecular formula is C140H92N6. The highest BCUT2D eigenvalue weighted by molar-refractivity contribution is 6.19. The molecule has 0 aliphatic rings. The van der Waals surface area contributed by atoms with Crippen LogP contribution in [-0.2, 0) is 0 Å². The molecule has 0 saturated carbocycles. The molecule has 0 N–H and O–H groups in total. The molecule has 0 unspecified atom stereocenters. The van der Waals surface area contributed by atoms with E-state index in [4.69, 9.17) is 0 Å². The molecule has 0 spiro atoms. The number of hydrogen-bond donors (Lipinski definition) is 0. The number of rotatable bonds is 13. The summed E-state index contributed by atoms with van der Waals surface area (Å²) in [4.78, 5) is 0. The highest BCUT2D eigenvalue weighted by Gasteiger charge is 2.25. The number of fused-ring (bicyclic) bond motifs is 20. The van der Waals surface area contributed by atoms with Crippen molar-refractivity contribution < 1.29 is 0 Å². The predicted octanol–water partition coefficient (Wildman–Crippen LogP) is 37.6. The van der Waals surface area contributed by atoms with Crippen molar-refractivity contribution >= 4 is 152 Å². The van der Waals surface area contributed by atoms with Gasteiger partial charge in [-0.3, -0.25) is 0 Å². The van der Waals surface area contributed by atoms with Gasteiger partial charge in [-0.25, -0.2) is 0 Å². The molecule has 6 heteroatoms. The monoisotopic (exact) mass is 1860 g/mol. The summed E-state index contributed by atoms with van der Waals surface area (Å²) in [5.41, 5.74) is 38.7. The lowest BCUT2D eigenvalue weighted by Crippen LogP contribution is -1.96. The summed E-state index contributed by atoms with van der Waals surface area (Å²) in [6.45, 7) is 0. The maximum absolute atomic E-state index is 2.45. The Bertz CT molecular complexity index is 10400. The van der Waals surface area contributed by atoms with Gasteiger partial charge in [-0.15, -0.1) is 0 Å². The highest BCUT2D eigenvalue weighted by Crippen LogP contribution is 2.47. The van der Waals surface area contributed by atoms with Crippen LogP contribution >= 0.6 is 0 Å². The van der Waals surface area contributed by atoms with Gasteiger partial charge in [-0.05, 0) is 282 Å². The van der Waals surface area contributed by atoms with Crippen molar-refractivity contribution in [1.82, 2.24) is 27.4 Å². The smallest absolute Gasteiger partial charge is 0.0547 e.